The van der Waals surface area contributed by atoms with Crippen LogP contribution in [0.4, 0.5) is 0 Å². The van der Waals surface area contributed by atoms with Crippen LogP contribution in [-0.2, 0) is 4.74 Å². The van der Waals surface area contributed by atoms with E-state index >= 15 is 0 Å². The Morgan fingerprint density at radius 1 is 1.32 bits per heavy atom. The Bertz CT molecular complexity index is 594. The average molecular weight is 348 g/mol. The molecule has 2 aliphatic rings. The SMILES string of the molecule is COc1ccc(C(=O)N2CCCC3(CCOCC3)C2)c(OCCN)c1. The molecule has 2 N–H and O–H groups in total. The number of amides is 1. The normalized spacial score (nSPS) is 19.7. The molecule has 1 aromatic carbocycles. The van der Waals surface area contributed by atoms with Crippen molar-refractivity contribution in [3.05, 3.63) is 23.8 Å². The van der Waals surface area contributed by atoms with Gasteiger partial charge in [-0.25, -0.2) is 0 Å². The Balaban J connectivity index is 1.79. The lowest BCUT2D eigenvalue weighted by Gasteiger charge is -2.45. The zero-order chi connectivity index (χ0) is 17.7. The number of ether oxygens (including phenoxy) is 3. The fourth-order valence-corrected chi connectivity index (χ4v) is 3.86. The van der Waals surface area contributed by atoms with Crippen LogP contribution in [0.25, 0.3) is 0 Å². The molecule has 0 bridgehead atoms. The minimum Gasteiger partial charge on any atom is -0.497 e. The summed E-state index contributed by atoms with van der Waals surface area (Å²) < 4.78 is 16.5. The molecule has 0 radical (unpaired) electrons. The van der Waals surface area contributed by atoms with E-state index in [0.29, 0.717) is 30.2 Å². The van der Waals surface area contributed by atoms with Gasteiger partial charge in [0.05, 0.1) is 12.7 Å². The summed E-state index contributed by atoms with van der Waals surface area (Å²) in [7, 11) is 1.60. The van der Waals surface area contributed by atoms with Crippen molar-refractivity contribution >= 4 is 5.91 Å². The molecule has 25 heavy (non-hydrogen) atoms. The number of hydrogen-bond acceptors (Lipinski definition) is 5. The molecule has 1 spiro atoms. The fourth-order valence-electron chi connectivity index (χ4n) is 3.86. The summed E-state index contributed by atoms with van der Waals surface area (Å²) in [6.07, 6.45) is 4.30. The fraction of sp³-hybridized carbons (Fsp3) is 0.632. The summed E-state index contributed by atoms with van der Waals surface area (Å²) in [6.45, 7) is 3.97. The topological polar surface area (TPSA) is 74.0 Å². The maximum absolute atomic E-state index is 13.2. The summed E-state index contributed by atoms with van der Waals surface area (Å²) in [6, 6.07) is 5.35. The van der Waals surface area contributed by atoms with Crippen molar-refractivity contribution in [1.82, 2.24) is 4.90 Å². The minimum atomic E-state index is 0.0280. The smallest absolute Gasteiger partial charge is 0.257 e. The molecule has 2 heterocycles. The maximum Gasteiger partial charge on any atom is 0.257 e. The zero-order valence-corrected chi connectivity index (χ0v) is 15.0. The predicted molar refractivity (Wildman–Crippen MR) is 95.2 cm³/mol. The number of carbonyl (C=O) groups excluding carboxylic acids is 1. The highest BCUT2D eigenvalue weighted by Crippen LogP contribution is 2.40. The first-order valence-corrected chi connectivity index (χ1v) is 9.05. The second-order valence-electron chi connectivity index (χ2n) is 6.94. The van der Waals surface area contributed by atoms with E-state index in [4.69, 9.17) is 19.9 Å². The molecular formula is C19H28N2O4. The molecule has 0 unspecified atom stereocenters. The van der Waals surface area contributed by atoms with Crippen molar-refractivity contribution in [3.8, 4) is 11.5 Å². The summed E-state index contributed by atoms with van der Waals surface area (Å²) in [5.74, 6) is 1.24. The molecule has 6 heteroatoms. The van der Waals surface area contributed by atoms with E-state index < -0.39 is 0 Å². The highest BCUT2D eigenvalue weighted by molar-refractivity contribution is 5.97. The van der Waals surface area contributed by atoms with Crippen molar-refractivity contribution in [2.75, 3.05) is 46.6 Å². The number of nitrogens with two attached hydrogens (primary N) is 1. The van der Waals surface area contributed by atoms with Crippen LogP contribution in [0.5, 0.6) is 11.5 Å². The summed E-state index contributed by atoms with van der Waals surface area (Å²) in [5.41, 5.74) is 6.35. The molecule has 2 saturated heterocycles. The lowest BCUT2D eigenvalue weighted by molar-refractivity contribution is -0.0230. The van der Waals surface area contributed by atoms with Crippen molar-refractivity contribution in [2.24, 2.45) is 11.1 Å². The van der Waals surface area contributed by atoms with Gasteiger partial charge in [0.1, 0.15) is 18.1 Å². The van der Waals surface area contributed by atoms with E-state index in [1.54, 1.807) is 25.3 Å². The number of piperidine rings is 1. The molecule has 6 nitrogen and oxygen atoms in total. The zero-order valence-electron chi connectivity index (χ0n) is 15.0. The number of nitrogens with zero attached hydrogens (tertiary/aromatic N) is 1. The van der Waals surface area contributed by atoms with Crippen LogP contribution in [0.2, 0.25) is 0 Å². The molecule has 1 aromatic rings. The van der Waals surface area contributed by atoms with E-state index in [-0.39, 0.29) is 11.3 Å². The molecule has 0 aromatic heterocycles. The number of likely N-dealkylation sites (tertiary alicyclic amines) is 1. The van der Waals surface area contributed by atoms with Crippen LogP contribution in [0.15, 0.2) is 18.2 Å². The van der Waals surface area contributed by atoms with Gasteiger partial charge in [-0.3, -0.25) is 4.79 Å². The quantitative estimate of drug-likeness (QED) is 0.882. The van der Waals surface area contributed by atoms with Gasteiger partial charge in [0, 0.05) is 38.9 Å². The molecule has 0 aliphatic carbocycles. The lowest BCUT2D eigenvalue weighted by atomic mass is 9.74. The first kappa shape index (κ1) is 18.0. The molecule has 138 valence electrons. The molecule has 3 rings (SSSR count). The third-order valence-electron chi connectivity index (χ3n) is 5.30. The molecule has 2 aliphatic heterocycles. The van der Waals surface area contributed by atoms with Crippen LogP contribution in [-0.4, -0.2) is 57.4 Å². The largest absolute Gasteiger partial charge is 0.497 e. The van der Waals surface area contributed by atoms with E-state index in [9.17, 15) is 4.79 Å². The van der Waals surface area contributed by atoms with Gasteiger partial charge in [-0.15, -0.1) is 0 Å². The molecular weight excluding hydrogens is 320 g/mol. The molecule has 0 atom stereocenters. The van der Waals surface area contributed by atoms with Gasteiger partial charge in [-0.1, -0.05) is 0 Å². The highest BCUT2D eigenvalue weighted by atomic mass is 16.5. The second-order valence-corrected chi connectivity index (χ2v) is 6.94. The van der Waals surface area contributed by atoms with Gasteiger partial charge in [-0.05, 0) is 43.2 Å². The Kier molecular flexibility index (Phi) is 5.81. The predicted octanol–water partition coefficient (Wildman–Crippen LogP) is 2.07. The number of methoxy groups -OCH3 is 1. The van der Waals surface area contributed by atoms with Gasteiger partial charge in [0.25, 0.3) is 5.91 Å². The summed E-state index contributed by atoms with van der Waals surface area (Å²) in [5, 5.41) is 0. The Labute approximate surface area is 149 Å². The van der Waals surface area contributed by atoms with Crippen LogP contribution >= 0.6 is 0 Å². The Morgan fingerprint density at radius 3 is 2.84 bits per heavy atom. The number of hydrogen-bond donors (Lipinski definition) is 1. The summed E-state index contributed by atoms with van der Waals surface area (Å²) >= 11 is 0. The standard InChI is InChI=1S/C19H28N2O4/c1-23-15-3-4-16(17(13-15)25-12-8-20)18(22)21-9-2-5-19(14-21)6-10-24-11-7-19/h3-4,13H,2,5-12,14,20H2,1H3. The van der Waals surface area contributed by atoms with Crippen LogP contribution < -0.4 is 15.2 Å². The van der Waals surface area contributed by atoms with E-state index in [2.05, 4.69) is 0 Å². The first-order chi connectivity index (χ1) is 12.2. The van der Waals surface area contributed by atoms with E-state index in [1.807, 2.05) is 4.90 Å². The van der Waals surface area contributed by atoms with Crippen molar-refractivity contribution < 1.29 is 19.0 Å². The Hall–Kier alpha value is -1.79. The molecule has 0 saturated carbocycles. The third kappa shape index (κ3) is 4.07. The highest BCUT2D eigenvalue weighted by Gasteiger charge is 2.39. The third-order valence-corrected chi connectivity index (χ3v) is 5.30. The van der Waals surface area contributed by atoms with Gasteiger partial charge in [0.15, 0.2) is 0 Å². The summed E-state index contributed by atoms with van der Waals surface area (Å²) in [4.78, 5) is 15.1. The minimum absolute atomic E-state index is 0.0280. The van der Waals surface area contributed by atoms with Gasteiger partial charge in [-0.2, -0.15) is 0 Å². The second kappa shape index (κ2) is 8.06. The average Bonchev–Trinajstić information content (AvgIpc) is 2.66. The lowest BCUT2D eigenvalue weighted by Crippen LogP contribution is -2.48. The molecule has 2 fully saturated rings. The van der Waals surface area contributed by atoms with Gasteiger partial charge < -0.3 is 24.8 Å². The number of benzene rings is 1. The maximum atomic E-state index is 13.2. The van der Waals surface area contributed by atoms with Gasteiger partial charge >= 0.3 is 0 Å². The van der Waals surface area contributed by atoms with Crippen LogP contribution in [0.1, 0.15) is 36.0 Å². The van der Waals surface area contributed by atoms with E-state index in [1.165, 1.54) is 6.42 Å². The van der Waals surface area contributed by atoms with Crippen molar-refractivity contribution in [2.45, 2.75) is 25.7 Å². The van der Waals surface area contributed by atoms with Crippen LogP contribution in [0, 0.1) is 5.41 Å². The Morgan fingerprint density at radius 2 is 2.12 bits per heavy atom. The van der Waals surface area contributed by atoms with Gasteiger partial charge in [0.2, 0.25) is 0 Å². The first-order valence-electron chi connectivity index (χ1n) is 9.05. The van der Waals surface area contributed by atoms with E-state index in [0.717, 1.165) is 45.6 Å². The number of rotatable bonds is 5. The molecule has 1 amide bonds. The monoisotopic (exact) mass is 348 g/mol. The van der Waals surface area contributed by atoms with Crippen molar-refractivity contribution in [1.29, 1.82) is 0 Å². The number of carbonyl (C=O) groups is 1. The van der Waals surface area contributed by atoms with Crippen LogP contribution in [0.3, 0.4) is 0 Å². The van der Waals surface area contributed by atoms with Crippen molar-refractivity contribution in [3.63, 3.8) is 0 Å².